The molecule has 0 aliphatic carbocycles. The number of amides is 1. The first-order valence-electron chi connectivity index (χ1n) is 10.3. The Labute approximate surface area is 201 Å². The highest BCUT2D eigenvalue weighted by atomic mass is 79.9. The van der Waals surface area contributed by atoms with Crippen molar-refractivity contribution in [2.24, 2.45) is 0 Å². The van der Waals surface area contributed by atoms with Gasteiger partial charge in [-0.15, -0.1) is 0 Å². The topological polar surface area (TPSA) is 88.4 Å². The lowest BCUT2D eigenvalue weighted by Gasteiger charge is -2.14. The van der Waals surface area contributed by atoms with Crippen molar-refractivity contribution < 1.29 is 17.6 Å². The van der Waals surface area contributed by atoms with Gasteiger partial charge in [-0.25, -0.2) is 8.42 Å². The molecule has 4 rings (SSSR count). The van der Waals surface area contributed by atoms with Gasteiger partial charge in [0.1, 0.15) is 11.3 Å². The zero-order valence-electron chi connectivity index (χ0n) is 18.6. The van der Waals surface area contributed by atoms with Gasteiger partial charge < -0.3 is 9.73 Å². The van der Waals surface area contributed by atoms with E-state index in [9.17, 15) is 13.2 Å². The van der Waals surface area contributed by atoms with Crippen LogP contribution in [0, 0.1) is 27.7 Å². The maximum absolute atomic E-state index is 13.2. The van der Waals surface area contributed by atoms with Crippen LogP contribution in [0.1, 0.15) is 32.8 Å². The number of hydrogen-bond donors (Lipinski definition) is 2. The molecule has 0 unspecified atom stereocenters. The molecule has 6 nitrogen and oxygen atoms in total. The van der Waals surface area contributed by atoms with E-state index >= 15 is 0 Å². The quantitative estimate of drug-likeness (QED) is 0.311. The minimum Gasteiger partial charge on any atom is -0.459 e. The van der Waals surface area contributed by atoms with E-state index in [-0.39, 0.29) is 10.8 Å². The van der Waals surface area contributed by atoms with E-state index in [2.05, 4.69) is 26.0 Å². The van der Waals surface area contributed by atoms with Crippen LogP contribution >= 0.6 is 15.9 Å². The molecule has 1 heterocycles. The number of rotatable bonds is 5. The molecule has 0 aliphatic rings. The predicted octanol–water partition coefficient (Wildman–Crippen LogP) is 6.48. The third kappa shape index (κ3) is 4.54. The fourth-order valence-corrected chi connectivity index (χ4v) is 6.17. The summed E-state index contributed by atoms with van der Waals surface area (Å²) in [5, 5.41) is 3.36. The molecule has 2 N–H and O–H groups in total. The summed E-state index contributed by atoms with van der Waals surface area (Å²) in [5.41, 5.74) is 4.12. The van der Waals surface area contributed by atoms with Crippen molar-refractivity contribution in [1.82, 2.24) is 0 Å². The first kappa shape index (κ1) is 23.1. The summed E-state index contributed by atoms with van der Waals surface area (Å²) in [6.45, 7) is 7.19. The van der Waals surface area contributed by atoms with E-state index in [0.29, 0.717) is 49.3 Å². The fourth-order valence-electron chi connectivity index (χ4n) is 4.13. The highest BCUT2D eigenvalue weighted by molar-refractivity contribution is 9.10. The molecule has 3 aromatic carbocycles. The molecular weight excluding hydrogens is 504 g/mol. The number of carbonyl (C=O) groups is 1. The molecule has 0 aliphatic heterocycles. The largest absolute Gasteiger partial charge is 0.459 e. The highest BCUT2D eigenvalue weighted by Crippen LogP contribution is 2.36. The number of anilines is 2. The molecule has 0 saturated heterocycles. The minimum atomic E-state index is -3.85. The van der Waals surface area contributed by atoms with Crippen molar-refractivity contribution >= 4 is 54.2 Å². The van der Waals surface area contributed by atoms with Crippen LogP contribution in [0.4, 0.5) is 11.4 Å². The summed E-state index contributed by atoms with van der Waals surface area (Å²) in [5.74, 6) is 0.0962. The van der Waals surface area contributed by atoms with E-state index in [4.69, 9.17) is 4.42 Å². The second-order valence-corrected chi connectivity index (χ2v) is 10.5. The van der Waals surface area contributed by atoms with Gasteiger partial charge in [0.05, 0.1) is 20.6 Å². The number of benzene rings is 3. The van der Waals surface area contributed by atoms with Gasteiger partial charge in [0.2, 0.25) is 0 Å². The first-order chi connectivity index (χ1) is 15.6. The molecular formula is C25H23BrN2O4S. The summed E-state index contributed by atoms with van der Waals surface area (Å²) in [6, 6.07) is 16.0. The summed E-state index contributed by atoms with van der Waals surface area (Å²) >= 11 is 3.45. The van der Waals surface area contributed by atoms with Crippen molar-refractivity contribution in [3.05, 3.63) is 87.1 Å². The monoisotopic (exact) mass is 526 g/mol. The van der Waals surface area contributed by atoms with Gasteiger partial charge >= 0.3 is 0 Å². The van der Waals surface area contributed by atoms with E-state index in [1.54, 1.807) is 45.0 Å². The smallest absolute Gasteiger partial charge is 0.262 e. The average molecular weight is 527 g/mol. The molecule has 33 heavy (non-hydrogen) atoms. The van der Waals surface area contributed by atoms with Gasteiger partial charge in [-0.2, -0.15) is 0 Å². The third-order valence-electron chi connectivity index (χ3n) is 5.30. The van der Waals surface area contributed by atoms with Crippen LogP contribution in [-0.2, 0) is 10.0 Å². The standard InChI is InChI=1S/C25H23BrN2O4S/c1-14-10-15(2)24(16(3)11-14)33(30,31)28-19-12-20-22(17(4)32-23(20)21(26)13-19)25(29)27-18-8-6-5-7-9-18/h5-13,28H,1-4H3,(H,27,29). The molecule has 4 aromatic rings. The number of hydrogen-bond acceptors (Lipinski definition) is 4. The second kappa shape index (κ2) is 8.68. The Bertz CT molecular complexity index is 1470. The molecule has 0 radical (unpaired) electrons. The number of sulfonamides is 1. The van der Waals surface area contributed by atoms with Crippen LogP contribution in [0.15, 0.2) is 68.4 Å². The van der Waals surface area contributed by atoms with Crippen molar-refractivity contribution in [1.29, 1.82) is 0 Å². The van der Waals surface area contributed by atoms with Crippen LogP contribution in [-0.4, -0.2) is 14.3 Å². The van der Waals surface area contributed by atoms with Crippen LogP contribution in [0.2, 0.25) is 0 Å². The molecule has 170 valence electrons. The number of halogens is 1. The van der Waals surface area contributed by atoms with Crippen molar-refractivity contribution in [3.63, 3.8) is 0 Å². The van der Waals surface area contributed by atoms with Gasteiger partial charge in [0, 0.05) is 11.1 Å². The lowest BCUT2D eigenvalue weighted by Crippen LogP contribution is -2.16. The summed E-state index contributed by atoms with van der Waals surface area (Å²) in [7, 11) is -3.85. The maximum Gasteiger partial charge on any atom is 0.262 e. The zero-order chi connectivity index (χ0) is 23.9. The second-order valence-electron chi connectivity index (χ2n) is 8.02. The van der Waals surface area contributed by atoms with Crippen molar-refractivity contribution in [2.45, 2.75) is 32.6 Å². The van der Waals surface area contributed by atoms with E-state index < -0.39 is 10.0 Å². The fraction of sp³-hybridized carbons (Fsp3) is 0.160. The van der Waals surface area contributed by atoms with E-state index in [1.807, 2.05) is 37.3 Å². The number of furan rings is 1. The van der Waals surface area contributed by atoms with Crippen LogP contribution in [0.25, 0.3) is 11.0 Å². The first-order valence-corrected chi connectivity index (χ1v) is 12.5. The van der Waals surface area contributed by atoms with E-state index in [1.165, 1.54) is 0 Å². The highest BCUT2D eigenvalue weighted by Gasteiger charge is 2.24. The van der Waals surface area contributed by atoms with E-state index in [0.717, 1.165) is 5.56 Å². The Balaban J connectivity index is 1.76. The number of para-hydroxylation sites is 1. The number of carbonyl (C=O) groups excluding carboxylic acids is 1. The molecule has 0 saturated carbocycles. The van der Waals surface area contributed by atoms with Crippen LogP contribution < -0.4 is 10.0 Å². The normalized spacial score (nSPS) is 11.5. The average Bonchev–Trinajstić information content (AvgIpc) is 3.03. The Hall–Kier alpha value is -3.10. The van der Waals surface area contributed by atoms with Crippen molar-refractivity contribution in [2.75, 3.05) is 10.0 Å². The molecule has 0 spiro atoms. The Morgan fingerprint density at radius 3 is 2.18 bits per heavy atom. The molecule has 0 atom stereocenters. The van der Waals surface area contributed by atoms with Gasteiger partial charge in [0.15, 0.2) is 0 Å². The van der Waals surface area contributed by atoms with Crippen LogP contribution in [0.3, 0.4) is 0 Å². The summed E-state index contributed by atoms with van der Waals surface area (Å²) < 4.78 is 35.5. The summed E-state index contributed by atoms with van der Waals surface area (Å²) in [4.78, 5) is 13.3. The number of aryl methyl sites for hydroxylation is 4. The lowest BCUT2D eigenvalue weighted by atomic mass is 10.1. The van der Waals surface area contributed by atoms with Crippen LogP contribution in [0.5, 0.6) is 0 Å². The van der Waals surface area contributed by atoms with Crippen molar-refractivity contribution in [3.8, 4) is 0 Å². The minimum absolute atomic E-state index is 0.245. The molecule has 0 bridgehead atoms. The maximum atomic E-state index is 13.2. The molecule has 1 amide bonds. The van der Waals surface area contributed by atoms with Gasteiger partial charge in [0.25, 0.3) is 15.9 Å². The number of nitrogens with one attached hydrogen (secondary N) is 2. The lowest BCUT2D eigenvalue weighted by molar-refractivity contribution is 0.102. The molecule has 8 heteroatoms. The third-order valence-corrected chi connectivity index (χ3v) is 7.58. The number of fused-ring (bicyclic) bond motifs is 1. The Morgan fingerprint density at radius 2 is 1.55 bits per heavy atom. The van der Waals surface area contributed by atoms with Gasteiger partial charge in [-0.05, 0) is 79.0 Å². The SMILES string of the molecule is Cc1cc(C)c(S(=O)(=O)Nc2cc(Br)c3oc(C)c(C(=O)Nc4ccccc4)c3c2)c(C)c1. The molecule has 0 fully saturated rings. The molecule has 1 aromatic heterocycles. The Morgan fingerprint density at radius 1 is 0.909 bits per heavy atom. The predicted molar refractivity (Wildman–Crippen MR) is 135 cm³/mol. The zero-order valence-corrected chi connectivity index (χ0v) is 21.0. The summed E-state index contributed by atoms with van der Waals surface area (Å²) in [6.07, 6.45) is 0. The van der Waals surface area contributed by atoms with Gasteiger partial charge in [-0.3, -0.25) is 9.52 Å². The Kier molecular flexibility index (Phi) is 6.07. The van der Waals surface area contributed by atoms with Gasteiger partial charge in [-0.1, -0.05) is 35.9 Å².